The minimum absolute atomic E-state index is 0.292. The van der Waals surface area contributed by atoms with Crippen molar-refractivity contribution in [2.45, 2.75) is 64.6 Å². The van der Waals surface area contributed by atoms with Crippen LogP contribution in [-0.2, 0) is 9.22 Å². The second-order valence-electron chi connectivity index (χ2n) is 7.76. The van der Waals surface area contributed by atoms with Crippen LogP contribution in [0.3, 0.4) is 0 Å². The van der Waals surface area contributed by atoms with Crippen molar-refractivity contribution in [3.05, 3.63) is 11.6 Å². The molecule has 1 fully saturated rings. The van der Waals surface area contributed by atoms with Crippen LogP contribution in [0.2, 0.25) is 18.1 Å². The Morgan fingerprint density at radius 2 is 1.95 bits per heavy atom. The molecule has 2 atom stereocenters. The highest BCUT2D eigenvalue weighted by molar-refractivity contribution is 6.74. The van der Waals surface area contributed by atoms with E-state index in [1.165, 1.54) is 5.57 Å². The zero-order valence-electron chi connectivity index (χ0n) is 13.1. The summed E-state index contributed by atoms with van der Waals surface area (Å²) in [6, 6.07) is 0. The third kappa shape index (κ3) is 3.37. The molecule has 19 heavy (non-hydrogen) atoms. The fraction of sp³-hybridized carbons (Fsp3) is 0.812. The summed E-state index contributed by atoms with van der Waals surface area (Å²) in [5.41, 5.74) is 1.53. The molecule has 0 spiro atoms. The Bertz CT molecular complexity index is 390. The molecule has 0 aromatic heterocycles. The van der Waals surface area contributed by atoms with Gasteiger partial charge in [-0.2, -0.15) is 0 Å². The van der Waals surface area contributed by atoms with E-state index < -0.39 is 8.32 Å². The fourth-order valence-corrected chi connectivity index (χ4v) is 3.97. The van der Waals surface area contributed by atoms with Gasteiger partial charge < -0.3 is 4.43 Å². The standard InChI is InChI=1S/C16H28O2Si/c1-16(2,3)19(4,5)18-7-6-12-8-13-10-15(17)11-14(13)9-12/h8,13-14H,6-7,9-11H2,1-5H3. The number of fused-ring (bicyclic) bond motifs is 1. The molecule has 2 unspecified atom stereocenters. The van der Waals surface area contributed by atoms with E-state index in [4.69, 9.17) is 4.43 Å². The summed E-state index contributed by atoms with van der Waals surface area (Å²) < 4.78 is 6.23. The van der Waals surface area contributed by atoms with Crippen molar-refractivity contribution < 1.29 is 9.22 Å². The van der Waals surface area contributed by atoms with Gasteiger partial charge in [0, 0.05) is 19.4 Å². The zero-order chi connectivity index (χ0) is 14.3. The van der Waals surface area contributed by atoms with Crippen LogP contribution in [0.15, 0.2) is 11.6 Å². The highest BCUT2D eigenvalue weighted by Gasteiger charge is 2.38. The molecule has 2 aliphatic carbocycles. The molecule has 2 rings (SSSR count). The molecular weight excluding hydrogens is 252 g/mol. The number of ketones is 1. The second-order valence-corrected chi connectivity index (χ2v) is 12.6. The third-order valence-corrected chi connectivity index (χ3v) is 9.76. The number of hydrogen-bond donors (Lipinski definition) is 0. The first kappa shape index (κ1) is 15.0. The monoisotopic (exact) mass is 280 g/mol. The maximum atomic E-state index is 11.4. The van der Waals surface area contributed by atoms with Gasteiger partial charge in [-0.3, -0.25) is 4.79 Å². The van der Waals surface area contributed by atoms with Gasteiger partial charge in [0.2, 0.25) is 0 Å². The highest BCUT2D eigenvalue weighted by Crippen LogP contribution is 2.42. The smallest absolute Gasteiger partial charge is 0.191 e. The van der Waals surface area contributed by atoms with Crippen LogP contribution >= 0.6 is 0 Å². The van der Waals surface area contributed by atoms with Gasteiger partial charge in [0.1, 0.15) is 5.78 Å². The summed E-state index contributed by atoms with van der Waals surface area (Å²) in [5, 5.41) is 0.292. The number of Topliss-reactive ketones (excluding diaryl/α,β-unsaturated/α-hetero) is 1. The third-order valence-electron chi connectivity index (χ3n) is 5.23. The Labute approximate surface area is 118 Å². The van der Waals surface area contributed by atoms with Crippen LogP contribution in [0, 0.1) is 11.8 Å². The molecule has 2 nitrogen and oxygen atoms in total. The Morgan fingerprint density at radius 3 is 2.53 bits per heavy atom. The maximum absolute atomic E-state index is 11.4. The van der Waals surface area contributed by atoms with E-state index in [0.717, 1.165) is 32.3 Å². The molecule has 108 valence electrons. The number of allylic oxidation sites excluding steroid dienone is 1. The first-order chi connectivity index (χ1) is 8.69. The molecule has 1 saturated carbocycles. The molecular formula is C16H28O2Si. The van der Waals surface area contributed by atoms with Gasteiger partial charge in [0.15, 0.2) is 8.32 Å². The van der Waals surface area contributed by atoms with Crippen LogP contribution in [0.1, 0.15) is 46.5 Å². The fourth-order valence-electron chi connectivity index (χ4n) is 2.92. The van der Waals surface area contributed by atoms with E-state index in [1.54, 1.807) is 0 Å². The predicted octanol–water partition coefficient (Wildman–Crippen LogP) is 4.32. The Kier molecular flexibility index (Phi) is 4.08. The second kappa shape index (κ2) is 5.17. The lowest BCUT2D eigenvalue weighted by atomic mass is 9.99. The quantitative estimate of drug-likeness (QED) is 0.566. The van der Waals surface area contributed by atoms with Gasteiger partial charge in [-0.15, -0.1) is 0 Å². The Hall–Kier alpha value is -0.413. The van der Waals surface area contributed by atoms with Crippen molar-refractivity contribution in [2.24, 2.45) is 11.8 Å². The van der Waals surface area contributed by atoms with Gasteiger partial charge in [-0.1, -0.05) is 32.4 Å². The average molecular weight is 280 g/mol. The van der Waals surface area contributed by atoms with E-state index in [9.17, 15) is 4.79 Å². The van der Waals surface area contributed by atoms with Crippen LogP contribution in [0.4, 0.5) is 0 Å². The van der Waals surface area contributed by atoms with E-state index in [0.29, 0.717) is 22.7 Å². The highest BCUT2D eigenvalue weighted by atomic mass is 28.4. The maximum Gasteiger partial charge on any atom is 0.191 e. The first-order valence-corrected chi connectivity index (χ1v) is 10.4. The van der Waals surface area contributed by atoms with Gasteiger partial charge in [-0.05, 0) is 42.8 Å². The largest absolute Gasteiger partial charge is 0.417 e. The topological polar surface area (TPSA) is 26.3 Å². The lowest BCUT2D eigenvalue weighted by Gasteiger charge is -2.36. The number of carbonyl (C=O) groups is 1. The zero-order valence-corrected chi connectivity index (χ0v) is 14.1. The molecule has 0 amide bonds. The molecule has 0 aromatic carbocycles. The molecule has 0 bridgehead atoms. The predicted molar refractivity (Wildman–Crippen MR) is 81.7 cm³/mol. The van der Waals surface area contributed by atoms with Crippen molar-refractivity contribution >= 4 is 14.1 Å². The van der Waals surface area contributed by atoms with E-state index in [1.807, 2.05) is 0 Å². The summed E-state index contributed by atoms with van der Waals surface area (Å²) in [6.45, 7) is 12.3. The van der Waals surface area contributed by atoms with Gasteiger partial charge in [0.05, 0.1) is 0 Å². The molecule has 0 radical (unpaired) electrons. The summed E-state index contributed by atoms with van der Waals surface area (Å²) >= 11 is 0. The van der Waals surface area contributed by atoms with Crippen molar-refractivity contribution in [3.8, 4) is 0 Å². The number of carbonyl (C=O) groups excluding carboxylic acids is 1. The van der Waals surface area contributed by atoms with Crippen LogP contribution < -0.4 is 0 Å². The lowest BCUT2D eigenvalue weighted by molar-refractivity contribution is -0.117. The molecule has 0 heterocycles. The van der Waals surface area contributed by atoms with Crippen molar-refractivity contribution in [1.82, 2.24) is 0 Å². The summed E-state index contributed by atoms with van der Waals surface area (Å²) in [5.74, 6) is 1.63. The number of hydrogen-bond acceptors (Lipinski definition) is 2. The average Bonchev–Trinajstić information content (AvgIpc) is 2.72. The van der Waals surface area contributed by atoms with Crippen molar-refractivity contribution in [1.29, 1.82) is 0 Å². The Morgan fingerprint density at radius 1 is 1.26 bits per heavy atom. The molecule has 0 aliphatic heterocycles. The SMILES string of the molecule is CC(C)(C)[Si](C)(C)OCCC1=CC2CC(=O)CC2C1. The summed E-state index contributed by atoms with van der Waals surface area (Å²) in [4.78, 5) is 11.4. The van der Waals surface area contributed by atoms with Crippen LogP contribution in [0.25, 0.3) is 0 Å². The summed E-state index contributed by atoms with van der Waals surface area (Å²) in [6.07, 6.45) is 6.17. The normalized spacial score (nSPS) is 27.6. The minimum atomic E-state index is -1.60. The van der Waals surface area contributed by atoms with Crippen molar-refractivity contribution in [3.63, 3.8) is 0 Å². The van der Waals surface area contributed by atoms with Gasteiger partial charge in [-0.25, -0.2) is 0 Å². The lowest BCUT2D eigenvalue weighted by Crippen LogP contribution is -2.41. The first-order valence-electron chi connectivity index (χ1n) is 7.54. The molecule has 2 aliphatic rings. The van der Waals surface area contributed by atoms with E-state index in [-0.39, 0.29) is 0 Å². The van der Waals surface area contributed by atoms with Gasteiger partial charge >= 0.3 is 0 Å². The van der Waals surface area contributed by atoms with Crippen LogP contribution in [0.5, 0.6) is 0 Å². The molecule has 3 heteroatoms. The summed E-state index contributed by atoms with van der Waals surface area (Å²) in [7, 11) is -1.60. The minimum Gasteiger partial charge on any atom is -0.417 e. The van der Waals surface area contributed by atoms with E-state index >= 15 is 0 Å². The van der Waals surface area contributed by atoms with Crippen molar-refractivity contribution in [2.75, 3.05) is 6.61 Å². The Balaban J connectivity index is 1.79. The molecule has 0 N–H and O–H groups in total. The van der Waals surface area contributed by atoms with Gasteiger partial charge in [0.25, 0.3) is 0 Å². The molecule has 0 saturated heterocycles. The van der Waals surface area contributed by atoms with Crippen LogP contribution in [-0.4, -0.2) is 20.7 Å². The van der Waals surface area contributed by atoms with E-state index in [2.05, 4.69) is 39.9 Å². The number of rotatable bonds is 4. The molecule has 0 aromatic rings.